The molecule has 1 aliphatic heterocycles. The SMILES string of the molecule is O=C(CSCc1cc(-c2cccs2)on1)N1CCN(CC(F)(F)C(F)F)CC1. The van der Waals surface area contributed by atoms with E-state index in [-0.39, 0.29) is 37.8 Å². The predicted octanol–water partition coefficient (Wildman–Crippen LogP) is 3.68. The highest BCUT2D eigenvalue weighted by Gasteiger charge is 2.42. The number of carbonyl (C=O) groups excluding carboxylic acids is 1. The van der Waals surface area contributed by atoms with Crippen LogP contribution in [0.15, 0.2) is 28.1 Å². The average Bonchev–Trinajstić information content (AvgIpc) is 3.33. The molecule has 0 aliphatic carbocycles. The van der Waals surface area contributed by atoms with Gasteiger partial charge in [-0.05, 0) is 11.4 Å². The Labute approximate surface area is 167 Å². The van der Waals surface area contributed by atoms with Crippen molar-refractivity contribution in [2.75, 3.05) is 38.5 Å². The minimum atomic E-state index is -4.03. The molecular weight excluding hydrogens is 418 g/mol. The summed E-state index contributed by atoms with van der Waals surface area (Å²) in [6.45, 7) is -0.158. The lowest BCUT2D eigenvalue weighted by Gasteiger charge is -2.36. The van der Waals surface area contributed by atoms with Gasteiger partial charge in [0, 0.05) is 38.0 Å². The standard InChI is InChI=1S/C17H19F4N3O2S2/c18-16(19)17(20,21)11-23-3-5-24(6-4-23)15(25)10-27-9-12-8-13(26-22-12)14-2-1-7-28-14/h1-2,7-8,16H,3-6,9-11H2. The van der Waals surface area contributed by atoms with Crippen LogP contribution in [0.3, 0.4) is 0 Å². The maximum absolute atomic E-state index is 13.1. The fourth-order valence-corrected chi connectivity index (χ4v) is 4.25. The molecule has 1 saturated heterocycles. The number of amides is 1. The third-order valence-electron chi connectivity index (χ3n) is 4.28. The average molecular weight is 437 g/mol. The summed E-state index contributed by atoms with van der Waals surface area (Å²) in [5.74, 6) is -2.70. The van der Waals surface area contributed by atoms with Crippen molar-refractivity contribution >= 4 is 29.0 Å². The van der Waals surface area contributed by atoms with Gasteiger partial charge < -0.3 is 9.42 Å². The van der Waals surface area contributed by atoms with E-state index in [0.717, 1.165) is 10.6 Å². The van der Waals surface area contributed by atoms with Crippen LogP contribution in [0.4, 0.5) is 17.6 Å². The van der Waals surface area contributed by atoms with E-state index >= 15 is 0 Å². The highest BCUT2D eigenvalue weighted by molar-refractivity contribution is 7.99. The molecule has 2 aromatic rings. The van der Waals surface area contributed by atoms with E-state index < -0.39 is 18.9 Å². The van der Waals surface area contributed by atoms with Crippen LogP contribution < -0.4 is 0 Å². The zero-order valence-corrected chi connectivity index (χ0v) is 16.5. The van der Waals surface area contributed by atoms with Crippen LogP contribution in [0.2, 0.25) is 0 Å². The summed E-state index contributed by atoms with van der Waals surface area (Å²) >= 11 is 2.94. The number of rotatable bonds is 8. The molecule has 5 nitrogen and oxygen atoms in total. The van der Waals surface area contributed by atoms with Gasteiger partial charge in [-0.3, -0.25) is 9.69 Å². The second-order valence-corrected chi connectivity index (χ2v) is 8.30. The Kier molecular flexibility index (Phi) is 7.00. The second-order valence-electron chi connectivity index (χ2n) is 6.37. The predicted molar refractivity (Wildman–Crippen MR) is 99.9 cm³/mol. The van der Waals surface area contributed by atoms with Gasteiger partial charge in [0.25, 0.3) is 0 Å². The minimum Gasteiger partial charge on any atom is -0.355 e. The summed E-state index contributed by atoms with van der Waals surface area (Å²) in [6, 6.07) is 5.69. The number of piperazine rings is 1. The molecule has 3 rings (SSSR count). The van der Waals surface area contributed by atoms with Crippen molar-refractivity contribution in [2.24, 2.45) is 0 Å². The lowest BCUT2D eigenvalue weighted by Crippen LogP contribution is -2.53. The van der Waals surface area contributed by atoms with E-state index in [0.29, 0.717) is 11.5 Å². The monoisotopic (exact) mass is 437 g/mol. The van der Waals surface area contributed by atoms with Crippen molar-refractivity contribution in [3.8, 4) is 10.6 Å². The molecule has 154 valence electrons. The van der Waals surface area contributed by atoms with Crippen molar-refractivity contribution in [1.29, 1.82) is 0 Å². The smallest absolute Gasteiger partial charge is 0.319 e. The van der Waals surface area contributed by atoms with Crippen LogP contribution in [0.25, 0.3) is 10.6 Å². The lowest BCUT2D eigenvalue weighted by atomic mass is 10.2. The van der Waals surface area contributed by atoms with E-state index in [1.165, 1.54) is 16.7 Å². The molecular formula is C17H19F4N3O2S2. The first-order valence-electron chi connectivity index (χ1n) is 8.58. The molecule has 1 fully saturated rings. The summed E-state index contributed by atoms with van der Waals surface area (Å²) in [4.78, 5) is 16.1. The van der Waals surface area contributed by atoms with E-state index in [2.05, 4.69) is 5.16 Å². The van der Waals surface area contributed by atoms with Crippen molar-refractivity contribution < 1.29 is 26.9 Å². The fraction of sp³-hybridized carbons (Fsp3) is 0.529. The van der Waals surface area contributed by atoms with Gasteiger partial charge in [0.1, 0.15) is 0 Å². The maximum Gasteiger partial charge on any atom is 0.319 e. The van der Waals surface area contributed by atoms with Gasteiger partial charge >= 0.3 is 12.3 Å². The number of carbonyl (C=O) groups is 1. The minimum absolute atomic E-state index is 0.104. The third kappa shape index (κ3) is 5.48. The van der Waals surface area contributed by atoms with Crippen molar-refractivity contribution in [3.63, 3.8) is 0 Å². The van der Waals surface area contributed by atoms with Gasteiger partial charge in [-0.1, -0.05) is 11.2 Å². The van der Waals surface area contributed by atoms with E-state index in [1.807, 2.05) is 23.6 Å². The fourth-order valence-electron chi connectivity index (χ4n) is 2.77. The Hall–Kier alpha value is -1.59. The molecule has 2 aromatic heterocycles. The molecule has 0 N–H and O–H groups in total. The van der Waals surface area contributed by atoms with E-state index in [1.54, 1.807) is 16.2 Å². The van der Waals surface area contributed by atoms with Gasteiger partial charge in [-0.15, -0.1) is 23.1 Å². The summed E-state index contributed by atoms with van der Waals surface area (Å²) in [6.07, 6.45) is -3.68. The number of aromatic nitrogens is 1. The zero-order chi connectivity index (χ0) is 20.1. The molecule has 0 aromatic carbocycles. The molecule has 11 heteroatoms. The highest BCUT2D eigenvalue weighted by Crippen LogP contribution is 2.27. The molecule has 0 bridgehead atoms. The molecule has 0 saturated carbocycles. The lowest BCUT2D eigenvalue weighted by molar-refractivity contribution is -0.147. The van der Waals surface area contributed by atoms with E-state index in [4.69, 9.17) is 4.52 Å². The van der Waals surface area contributed by atoms with E-state index in [9.17, 15) is 22.4 Å². The van der Waals surface area contributed by atoms with Crippen molar-refractivity contribution in [1.82, 2.24) is 15.0 Å². The maximum atomic E-state index is 13.1. The van der Waals surface area contributed by atoms with Crippen molar-refractivity contribution in [3.05, 3.63) is 29.3 Å². The summed E-state index contributed by atoms with van der Waals surface area (Å²) in [7, 11) is 0. The molecule has 28 heavy (non-hydrogen) atoms. The number of alkyl halides is 4. The molecule has 0 atom stereocenters. The van der Waals surface area contributed by atoms with Crippen LogP contribution in [0, 0.1) is 0 Å². The first-order valence-corrected chi connectivity index (χ1v) is 10.6. The normalized spacial score (nSPS) is 16.1. The number of thiophene rings is 1. The summed E-state index contributed by atoms with van der Waals surface area (Å²) < 4.78 is 56.1. The Bertz CT molecular complexity index is 762. The number of halogens is 4. The zero-order valence-electron chi connectivity index (χ0n) is 14.8. The van der Waals surface area contributed by atoms with Crippen LogP contribution in [0.1, 0.15) is 5.69 Å². The summed E-state index contributed by atoms with van der Waals surface area (Å²) in [5.41, 5.74) is 0.736. The Morgan fingerprint density at radius 2 is 2.07 bits per heavy atom. The van der Waals surface area contributed by atoms with Crippen LogP contribution in [-0.2, 0) is 10.5 Å². The van der Waals surface area contributed by atoms with Crippen LogP contribution in [-0.4, -0.2) is 71.7 Å². The van der Waals surface area contributed by atoms with Crippen LogP contribution >= 0.6 is 23.1 Å². The molecule has 3 heterocycles. The van der Waals surface area contributed by atoms with Gasteiger partial charge in [-0.2, -0.15) is 8.78 Å². The van der Waals surface area contributed by atoms with Gasteiger partial charge in [0.15, 0.2) is 5.76 Å². The van der Waals surface area contributed by atoms with Gasteiger partial charge in [0.2, 0.25) is 5.91 Å². The number of hydrogen-bond acceptors (Lipinski definition) is 6. The molecule has 0 radical (unpaired) electrons. The van der Waals surface area contributed by atoms with Gasteiger partial charge in [-0.25, -0.2) is 8.78 Å². The number of nitrogens with zero attached hydrogens (tertiary/aromatic N) is 3. The first-order chi connectivity index (χ1) is 13.3. The molecule has 0 spiro atoms. The largest absolute Gasteiger partial charge is 0.355 e. The third-order valence-corrected chi connectivity index (χ3v) is 6.11. The number of thioether (sulfide) groups is 1. The molecule has 1 amide bonds. The topological polar surface area (TPSA) is 49.6 Å². The van der Waals surface area contributed by atoms with Crippen LogP contribution in [0.5, 0.6) is 0 Å². The second kappa shape index (κ2) is 9.27. The Morgan fingerprint density at radius 1 is 1.32 bits per heavy atom. The molecule has 0 unspecified atom stereocenters. The van der Waals surface area contributed by atoms with Crippen molar-refractivity contribution in [2.45, 2.75) is 18.1 Å². The van der Waals surface area contributed by atoms with Gasteiger partial charge in [0.05, 0.1) is 22.9 Å². The Balaban J connectivity index is 1.38. The summed E-state index contributed by atoms with van der Waals surface area (Å²) in [5, 5.41) is 5.93. The first kappa shape index (κ1) is 21.1. The highest BCUT2D eigenvalue weighted by atomic mass is 32.2. The number of hydrogen-bond donors (Lipinski definition) is 0. The molecule has 1 aliphatic rings. The quantitative estimate of drug-likeness (QED) is 0.590. The Morgan fingerprint density at radius 3 is 2.71 bits per heavy atom.